The van der Waals surface area contributed by atoms with E-state index in [1.165, 1.54) is 0 Å². The summed E-state index contributed by atoms with van der Waals surface area (Å²) in [5.74, 6) is 1.09. The molecule has 1 aromatic carbocycles. The van der Waals surface area contributed by atoms with Crippen LogP contribution < -0.4 is 5.73 Å². The summed E-state index contributed by atoms with van der Waals surface area (Å²) in [7, 11) is -0.863. The van der Waals surface area contributed by atoms with Crippen molar-refractivity contribution in [1.29, 1.82) is 0 Å². The Morgan fingerprint density at radius 3 is 2.85 bits per heavy atom. The molecule has 0 aromatic heterocycles. The number of rotatable bonds is 4. The first kappa shape index (κ1) is 10.7. The van der Waals surface area contributed by atoms with Crippen LogP contribution >= 0.6 is 11.6 Å². The average molecular weight is 218 g/mol. The summed E-state index contributed by atoms with van der Waals surface area (Å²) in [6, 6.07) is 7.41. The van der Waals surface area contributed by atoms with E-state index in [0.717, 1.165) is 5.56 Å². The Kier molecular flexibility index (Phi) is 4.42. The van der Waals surface area contributed by atoms with Crippen molar-refractivity contribution >= 4 is 22.4 Å². The van der Waals surface area contributed by atoms with E-state index in [1.807, 2.05) is 18.2 Å². The number of nitrogens with two attached hydrogens (primary N) is 1. The summed E-state index contributed by atoms with van der Waals surface area (Å²) in [4.78, 5) is 0. The standard InChI is InChI=1S/C9H12ClNOS/c10-9-3-1-2-8(6-9)7-13(12)5-4-11/h1-3,6H,4-5,7,11H2. The van der Waals surface area contributed by atoms with Crippen molar-refractivity contribution in [2.24, 2.45) is 5.73 Å². The van der Waals surface area contributed by atoms with Gasteiger partial charge in [-0.15, -0.1) is 0 Å². The lowest BCUT2D eigenvalue weighted by atomic mass is 10.2. The van der Waals surface area contributed by atoms with Gasteiger partial charge in [0, 0.05) is 33.9 Å². The third kappa shape index (κ3) is 3.89. The van der Waals surface area contributed by atoms with Crippen LogP contribution in [0.5, 0.6) is 0 Å². The highest BCUT2D eigenvalue weighted by Crippen LogP contribution is 2.12. The number of benzene rings is 1. The van der Waals surface area contributed by atoms with E-state index < -0.39 is 10.8 Å². The van der Waals surface area contributed by atoms with Crippen LogP contribution in [0, 0.1) is 0 Å². The van der Waals surface area contributed by atoms with Crippen molar-refractivity contribution in [3.63, 3.8) is 0 Å². The van der Waals surface area contributed by atoms with Gasteiger partial charge < -0.3 is 5.73 Å². The minimum absolute atomic E-state index is 0.465. The highest BCUT2D eigenvalue weighted by Gasteiger charge is 2.00. The molecule has 0 aliphatic rings. The molecule has 0 aliphatic heterocycles. The summed E-state index contributed by atoms with van der Waals surface area (Å²) in [6.45, 7) is 0.465. The van der Waals surface area contributed by atoms with Gasteiger partial charge in [0.1, 0.15) is 0 Å². The predicted octanol–water partition coefficient (Wildman–Crippen LogP) is 1.55. The Morgan fingerprint density at radius 1 is 1.46 bits per heavy atom. The van der Waals surface area contributed by atoms with Crippen molar-refractivity contribution in [2.75, 3.05) is 12.3 Å². The smallest absolute Gasteiger partial charge is 0.0486 e. The van der Waals surface area contributed by atoms with Crippen LogP contribution in [0.2, 0.25) is 5.02 Å². The molecule has 4 heteroatoms. The van der Waals surface area contributed by atoms with Gasteiger partial charge in [-0.05, 0) is 17.7 Å². The normalized spacial score (nSPS) is 12.8. The molecule has 0 heterocycles. The fourth-order valence-electron chi connectivity index (χ4n) is 1.02. The molecule has 0 radical (unpaired) electrons. The molecule has 2 nitrogen and oxygen atoms in total. The minimum atomic E-state index is -0.863. The van der Waals surface area contributed by atoms with Gasteiger partial charge in [0.25, 0.3) is 0 Å². The molecule has 1 aromatic rings. The highest BCUT2D eigenvalue weighted by atomic mass is 35.5. The molecule has 2 N–H and O–H groups in total. The summed E-state index contributed by atoms with van der Waals surface area (Å²) in [5.41, 5.74) is 6.29. The zero-order chi connectivity index (χ0) is 9.68. The SMILES string of the molecule is NCCS(=O)Cc1cccc(Cl)c1. The molecule has 0 bridgehead atoms. The first-order valence-electron chi connectivity index (χ1n) is 4.02. The van der Waals surface area contributed by atoms with E-state index in [1.54, 1.807) is 6.07 Å². The topological polar surface area (TPSA) is 43.1 Å². The van der Waals surface area contributed by atoms with Crippen LogP contribution in [0.15, 0.2) is 24.3 Å². The fourth-order valence-corrected chi connectivity index (χ4v) is 2.19. The second-order valence-electron chi connectivity index (χ2n) is 2.71. The van der Waals surface area contributed by atoms with Crippen LogP contribution in [0.3, 0.4) is 0 Å². The molecular formula is C9H12ClNOS. The van der Waals surface area contributed by atoms with E-state index in [2.05, 4.69) is 0 Å². The lowest BCUT2D eigenvalue weighted by molar-refractivity contribution is 0.682. The van der Waals surface area contributed by atoms with Gasteiger partial charge in [-0.2, -0.15) is 0 Å². The predicted molar refractivity (Wildman–Crippen MR) is 57.2 cm³/mol. The van der Waals surface area contributed by atoms with Crippen LogP contribution in [-0.4, -0.2) is 16.5 Å². The van der Waals surface area contributed by atoms with Gasteiger partial charge in [0.15, 0.2) is 0 Å². The second-order valence-corrected chi connectivity index (χ2v) is 4.72. The van der Waals surface area contributed by atoms with Crippen LogP contribution in [0.25, 0.3) is 0 Å². The Morgan fingerprint density at radius 2 is 2.23 bits per heavy atom. The zero-order valence-corrected chi connectivity index (χ0v) is 8.77. The number of hydrogen-bond donors (Lipinski definition) is 1. The fraction of sp³-hybridized carbons (Fsp3) is 0.333. The Labute approximate surface area is 85.5 Å². The van der Waals surface area contributed by atoms with Crippen LogP contribution in [-0.2, 0) is 16.6 Å². The number of hydrogen-bond acceptors (Lipinski definition) is 2. The van der Waals surface area contributed by atoms with Crippen LogP contribution in [0.1, 0.15) is 5.56 Å². The van der Waals surface area contributed by atoms with Crippen molar-refractivity contribution in [2.45, 2.75) is 5.75 Å². The van der Waals surface area contributed by atoms with E-state index >= 15 is 0 Å². The molecule has 0 saturated heterocycles. The van der Waals surface area contributed by atoms with Crippen LogP contribution in [0.4, 0.5) is 0 Å². The van der Waals surface area contributed by atoms with Gasteiger partial charge in [-0.3, -0.25) is 4.21 Å². The molecule has 1 atom stereocenters. The summed E-state index contributed by atoms with van der Waals surface area (Å²) in [6.07, 6.45) is 0. The molecule has 13 heavy (non-hydrogen) atoms. The lowest BCUT2D eigenvalue weighted by Crippen LogP contribution is -2.11. The van der Waals surface area contributed by atoms with E-state index in [-0.39, 0.29) is 0 Å². The van der Waals surface area contributed by atoms with E-state index in [0.29, 0.717) is 23.1 Å². The summed E-state index contributed by atoms with van der Waals surface area (Å²) in [5, 5.41) is 0.683. The molecule has 0 fully saturated rings. The first-order valence-corrected chi connectivity index (χ1v) is 5.88. The van der Waals surface area contributed by atoms with Crippen molar-refractivity contribution in [3.05, 3.63) is 34.9 Å². The maximum Gasteiger partial charge on any atom is 0.0486 e. The van der Waals surface area contributed by atoms with E-state index in [9.17, 15) is 4.21 Å². The quantitative estimate of drug-likeness (QED) is 0.832. The van der Waals surface area contributed by atoms with E-state index in [4.69, 9.17) is 17.3 Å². The average Bonchev–Trinajstić information content (AvgIpc) is 2.04. The van der Waals surface area contributed by atoms with Crippen molar-refractivity contribution in [1.82, 2.24) is 0 Å². The van der Waals surface area contributed by atoms with Crippen molar-refractivity contribution < 1.29 is 4.21 Å². The third-order valence-electron chi connectivity index (χ3n) is 1.56. The Bertz CT molecular complexity index is 303. The molecule has 72 valence electrons. The van der Waals surface area contributed by atoms with Gasteiger partial charge >= 0.3 is 0 Å². The number of halogens is 1. The minimum Gasteiger partial charge on any atom is -0.330 e. The van der Waals surface area contributed by atoms with Gasteiger partial charge in [-0.1, -0.05) is 23.7 Å². The van der Waals surface area contributed by atoms with Gasteiger partial charge in [0.05, 0.1) is 0 Å². The van der Waals surface area contributed by atoms with Gasteiger partial charge in [0.2, 0.25) is 0 Å². The molecule has 0 spiro atoms. The summed E-state index contributed by atoms with van der Waals surface area (Å²) >= 11 is 5.78. The largest absolute Gasteiger partial charge is 0.330 e. The molecule has 0 amide bonds. The molecular weight excluding hydrogens is 206 g/mol. The molecule has 1 unspecified atom stereocenters. The Hall–Kier alpha value is -0.380. The second kappa shape index (κ2) is 5.37. The molecule has 0 aliphatic carbocycles. The summed E-state index contributed by atoms with van der Waals surface area (Å²) < 4.78 is 11.3. The lowest BCUT2D eigenvalue weighted by Gasteiger charge is -2.00. The third-order valence-corrected chi connectivity index (χ3v) is 3.14. The molecule has 1 rings (SSSR count). The maximum absolute atomic E-state index is 11.3. The Balaban J connectivity index is 2.58. The first-order chi connectivity index (χ1) is 6.22. The molecule has 0 saturated carbocycles. The monoisotopic (exact) mass is 217 g/mol. The highest BCUT2D eigenvalue weighted by molar-refractivity contribution is 7.84. The van der Waals surface area contributed by atoms with Crippen molar-refractivity contribution in [3.8, 4) is 0 Å². The van der Waals surface area contributed by atoms with Gasteiger partial charge in [-0.25, -0.2) is 0 Å². The zero-order valence-electron chi connectivity index (χ0n) is 7.20. The maximum atomic E-state index is 11.3.